The smallest absolute Gasteiger partial charge is 0.429 e. The molecule has 1 heterocycles. The van der Waals surface area contributed by atoms with Crippen LogP contribution in [-0.4, -0.2) is 49.3 Å². The molecule has 6 nitrogen and oxygen atoms in total. The summed E-state index contributed by atoms with van der Waals surface area (Å²) in [5, 5.41) is 40.1. The first-order valence-electron chi connectivity index (χ1n) is 4.77. The summed E-state index contributed by atoms with van der Waals surface area (Å²) in [4.78, 5) is 0. The SMILES string of the molecule is CC(C)(O)C(C)(O)Cc1ccn[nH]1.O[B]O. The molecule has 5 N–H and O–H groups in total. The average Bonchev–Trinajstić information content (AvgIpc) is 2.55. The molecule has 91 valence electrons. The van der Waals surface area contributed by atoms with Crippen LogP contribution in [0.4, 0.5) is 0 Å². The van der Waals surface area contributed by atoms with Gasteiger partial charge in [0.1, 0.15) is 0 Å². The number of aromatic amines is 1. The largest absolute Gasteiger partial charge is 0.482 e. The summed E-state index contributed by atoms with van der Waals surface area (Å²) in [6.07, 6.45) is 1.98. The monoisotopic (exact) mass is 229 g/mol. The number of hydrogen-bond acceptors (Lipinski definition) is 5. The molecule has 1 aromatic rings. The summed E-state index contributed by atoms with van der Waals surface area (Å²) in [6.45, 7) is 4.78. The number of aromatic nitrogens is 2. The van der Waals surface area contributed by atoms with Crippen molar-refractivity contribution in [1.29, 1.82) is 0 Å². The van der Waals surface area contributed by atoms with E-state index in [2.05, 4.69) is 10.2 Å². The van der Waals surface area contributed by atoms with E-state index in [1.165, 1.54) is 0 Å². The summed E-state index contributed by atoms with van der Waals surface area (Å²) >= 11 is 0. The van der Waals surface area contributed by atoms with Crippen LogP contribution in [0.15, 0.2) is 12.3 Å². The molecule has 0 saturated carbocycles. The fourth-order valence-electron chi connectivity index (χ4n) is 0.970. The van der Waals surface area contributed by atoms with Gasteiger partial charge in [-0.25, -0.2) is 0 Å². The highest BCUT2D eigenvalue weighted by Gasteiger charge is 2.37. The second-order valence-electron chi connectivity index (χ2n) is 4.21. The van der Waals surface area contributed by atoms with E-state index in [-0.39, 0.29) is 7.69 Å². The standard InChI is InChI=1S/C9H16N2O2.BH2O2/c1-8(2,12)9(3,13)6-7-4-5-10-11-7;2-1-3/h4-5,12-13H,6H2,1-3H3,(H,10,11);2-3H. The van der Waals surface area contributed by atoms with Gasteiger partial charge >= 0.3 is 7.69 Å². The van der Waals surface area contributed by atoms with Gasteiger partial charge in [-0.15, -0.1) is 0 Å². The molecule has 1 rings (SSSR count). The van der Waals surface area contributed by atoms with Gasteiger partial charge in [-0.1, -0.05) is 0 Å². The molecular formula is C9H18BN2O4. The first kappa shape index (κ1) is 15.1. The van der Waals surface area contributed by atoms with E-state index in [4.69, 9.17) is 10.0 Å². The normalized spacial score (nSPS) is 14.7. The molecule has 0 aliphatic heterocycles. The van der Waals surface area contributed by atoms with Crippen LogP contribution in [0.25, 0.3) is 0 Å². The van der Waals surface area contributed by atoms with Gasteiger partial charge in [-0.05, 0) is 26.8 Å². The van der Waals surface area contributed by atoms with Gasteiger partial charge in [-0.2, -0.15) is 5.10 Å². The predicted molar refractivity (Wildman–Crippen MR) is 59.4 cm³/mol. The zero-order valence-corrected chi connectivity index (χ0v) is 9.68. The number of aliphatic hydroxyl groups is 2. The van der Waals surface area contributed by atoms with E-state index < -0.39 is 11.2 Å². The predicted octanol–water partition coefficient (Wildman–Crippen LogP) is -1.02. The van der Waals surface area contributed by atoms with Crippen molar-refractivity contribution in [3.8, 4) is 0 Å². The molecule has 0 spiro atoms. The van der Waals surface area contributed by atoms with Crippen LogP contribution in [0.3, 0.4) is 0 Å². The molecular weight excluding hydrogens is 211 g/mol. The number of rotatable bonds is 3. The lowest BCUT2D eigenvalue weighted by atomic mass is 9.84. The minimum absolute atomic E-state index is 0. The zero-order valence-electron chi connectivity index (χ0n) is 9.68. The molecule has 1 radical (unpaired) electrons. The van der Waals surface area contributed by atoms with E-state index in [0.29, 0.717) is 6.42 Å². The number of nitrogens with one attached hydrogen (secondary N) is 1. The topological polar surface area (TPSA) is 110 Å². The molecule has 1 unspecified atom stereocenters. The van der Waals surface area contributed by atoms with Crippen LogP contribution in [0.2, 0.25) is 0 Å². The quantitative estimate of drug-likeness (QED) is 0.426. The van der Waals surface area contributed by atoms with Crippen molar-refractivity contribution in [1.82, 2.24) is 10.2 Å². The third kappa shape index (κ3) is 4.76. The fraction of sp³-hybridized carbons (Fsp3) is 0.667. The number of H-pyrrole nitrogens is 1. The van der Waals surface area contributed by atoms with Crippen molar-refractivity contribution in [2.24, 2.45) is 0 Å². The summed E-state index contributed by atoms with van der Waals surface area (Å²) in [5.74, 6) is 0. The number of nitrogens with zero attached hydrogens (tertiary/aromatic N) is 1. The van der Waals surface area contributed by atoms with Crippen LogP contribution in [0.1, 0.15) is 26.5 Å². The van der Waals surface area contributed by atoms with Crippen LogP contribution in [0.5, 0.6) is 0 Å². The highest BCUT2D eigenvalue weighted by atomic mass is 16.4. The molecule has 0 fully saturated rings. The lowest BCUT2D eigenvalue weighted by molar-refractivity contribution is -0.119. The summed E-state index contributed by atoms with van der Waals surface area (Å²) in [6, 6.07) is 1.78. The maximum atomic E-state index is 9.93. The minimum Gasteiger partial charge on any atom is -0.429 e. The summed E-state index contributed by atoms with van der Waals surface area (Å²) in [7, 11) is 0. The Balaban J connectivity index is 0.000000673. The molecule has 0 bridgehead atoms. The van der Waals surface area contributed by atoms with Crippen molar-refractivity contribution >= 4 is 7.69 Å². The van der Waals surface area contributed by atoms with Gasteiger partial charge in [0.05, 0.1) is 11.2 Å². The second kappa shape index (κ2) is 6.00. The van der Waals surface area contributed by atoms with Gasteiger partial charge < -0.3 is 20.3 Å². The van der Waals surface area contributed by atoms with Crippen LogP contribution in [0, 0.1) is 0 Å². The molecule has 0 aliphatic rings. The Morgan fingerprint density at radius 2 is 1.81 bits per heavy atom. The van der Waals surface area contributed by atoms with E-state index in [1.54, 1.807) is 33.0 Å². The maximum Gasteiger partial charge on any atom is 0.482 e. The van der Waals surface area contributed by atoms with Crippen molar-refractivity contribution in [2.45, 2.75) is 38.4 Å². The van der Waals surface area contributed by atoms with Crippen molar-refractivity contribution in [3.63, 3.8) is 0 Å². The van der Waals surface area contributed by atoms with Crippen molar-refractivity contribution in [3.05, 3.63) is 18.0 Å². The van der Waals surface area contributed by atoms with E-state index >= 15 is 0 Å². The lowest BCUT2D eigenvalue weighted by Crippen LogP contribution is -2.49. The van der Waals surface area contributed by atoms with E-state index in [9.17, 15) is 10.2 Å². The van der Waals surface area contributed by atoms with Gasteiger partial charge in [0, 0.05) is 18.3 Å². The van der Waals surface area contributed by atoms with Crippen LogP contribution < -0.4 is 0 Å². The average molecular weight is 229 g/mol. The number of hydrogen-bond donors (Lipinski definition) is 5. The molecule has 0 amide bonds. The third-order valence-corrected chi connectivity index (χ3v) is 2.41. The Labute approximate surface area is 95.3 Å². The Bertz CT molecular complexity index is 282. The Morgan fingerprint density at radius 3 is 2.12 bits per heavy atom. The lowest BCUT2D eigenvalue weighted by Gasteiger charge is -2.35. The van der Waals surface area contributed by atoms with Crippen LogP contribution in [-0.2, 0) is 6.42 Å². The summed E-state index contributed by atoms with van der Waals surface area (Å²) < 4.78 is 0. The van der Waals surface area contributed by atoms with Crippen molar-refractivity contribution < 1.29 is 20.3 Å². The molecule has 0 aliphatic carbocycles. The first-order valence-corrected chi connectivity index (χ1v) is 4.77. The third-order valence-electron chi connectivity index (χ3n) is 2.41. The van der Waals surface area contributed by atoms with Crippen molar-refractivity contribution in [2.75, 3.05) is 0 Å². The fourth-order valence-corrected chi connectivity index (χ4v) is 0.970. The summed E-state index contributed by atoms with van der Waals surface area (Å²) in [5.41, 5.74) is -1.47. The second-order valence-corrected chi connectivity index (χ2v) is 4.21. The molecule has 7 heteroatoms. The molecule has 0 aromatic carbocycles. The molecule has 16 heavy (non-hydrogen) atoms. The zero-order chi connectivity index (χ0) is 12.8. The Kier molecular flexibility index (Phi) is 5.67. The van der Waals surface area contributed by atoms with Gasteiger partial charge in [0.2, 0.25) is 0 Å². The highest BCUT2D eigenvalue weighted by molar-refractivity contribution is 6.13. The Hall–Kier alpha value is -0.885. The van der Waals surface area contributed by atoms with Gasteiger partial charge in [0.15, 0.2) is 0 Å². The minimum atomic E-state index is -1.15. The van der Waals surface area contributed by atoms with Crippen LogP contribution >= 0.6 is 0 Å². The highest BCUT2D eigenvalue weighted by Crippen LogP contribution is 2.24. The van der Waals surface area contributed by atoms with Gasteiger partial charge in [0.25, 0.3) is 0 Å². The molecule has 1 aromatic heterocycles. The maximum absolute atomic E-state index is 9.93. The Morgan fingerprint density at radius 1 is 1.31 bits per heavy atom. The first-order chi connectivity index (χ1) is 7.24. The van der Waals surface area contributed by atoms with E-state index in [0.717, 1.165) is 5.69 Å². The molecule has 0 saturated heterocycles. The van der Waals surface area contributed by atoms with Gasteiger partial charge in [-0.3, -0.25) is 5.10 Å². The molecule has 1 atom stereocenters. The van der Waals surface area contributed by atoms with E-state index in [1.807, 2.05) is 0 Å².